The molecule has 0 aliphatic rings. The Morgan fingerprint density at radius 2 is 1.21 bits per heavy atom. The first kappa shape index (κ1) is 50.9. The molecule has 0 fully saturated rings. The lowest BCUT2D eigenvalue weighted by atomic mass is 10.0. The van der Waals surface area contributed by atoms with Crippen molar-refractivity contribution in [3.8, 4) is 0 Å². The van der Waals surface area contributed by atoms with Crippen molar-refractivity contribution in [1.29, 1.82) is 0 Å². The van der Waals surface area contributed by atoms with Crippen molar-refractivity contribution in [1.82, 2.24) is 0 Å². The predicted molar refractivity (Wildman–Crippen MR) is 211 cm³/mol. The van der Waals surface area contributed by atoms with E-state index in [0.29, 0.717) is 19.3 Å². The van der Waals surface area contributed by atoms with Gasteiger partial charge in [-0.25, -0.2) is 4.57 Å². The van der Waals surface area contributed by atoms with Gasteiger partial charge < -0.3 is 29.7 Å². The van der Waals surface area contributed by atoms with Crippen molar-refractivity contribution < 1.29 is 52.9 Å². The van der Waals surface area contributed by atoms with Crippen LogP contribution in [-0.4, -0.2) is 76.9 Å². The van der Waals surface area contributed by atoms with Gasteiger partial charge in [0.25, 0.3) is 0 Å². The molecule has 1 unspecified atom stereocenters. The van der Waals surface area contributed by atoms with Gasteiger partial charge in [-0.15, -0.1) is 0 Å². The second-order valence-corrected chi connectivity index (χ2v) is 15.4. The van der Waals surface area contributed by atoms with Crippen molar-refractivity contribution in [2.45, 2.75) is 167 Å². The third kappa shape index (κ3) is 36.6. The van der Waals surface area contributed by atoms with Gasteiger partial charge in [0.05, 0.1) is 25.9 Å². The molecule has 308 valence electrons. The minimum atomic E-state index is -4.64. The molecule has 0 aromatic carbocycles. The molecule has 4 N–H and O–H groups in total. The van der Waals surface area contributed by atoms with Crippen LogP contribution in [0.5, 0.6) is 0 Å². The van der Waals surface area contributed by atoms with Gasteiger partial charge in [-0.05, 0) is 50.9 Å². The molecule has 0 spiro atoms. The third-order valence-corrected chi connectivity index (χ3v) is 9.19. The SMILES string of the molecule is CCCC[C@@H](O)/C=C\C/C=C\C/C=C\C/C=C\CCCC(=O)O[C@H](COC(=O)CCCCCCCCCCCC(C)C)COP(=O)(O)OC[C@@H](O)CO. The van der Waals surface area contributed by atoms with Gasteiger partial charge >= 0.3 is 19.8 Å². The molecule has 0 aliphatic heterocycles. The summed E-state index contributed by atoms with van der Waals surface area (Å²) in [7, 11) is -4.64. The quantitative estimate of drug-likeness (QED) is 0.0208. The number of aliphatic hydroxyl groups is 3. The molecule has 53 heavy (non-hydrogen) atoms. The van der Waals surface area contributed by atoms with E-state index < -0.39 is 51.8 Å². The number of ether oxygens (including phenoxy) is 2. The van der Waals surface area contributed by atoms with Gasteiger partial charge in [0.15, 0.2) is 6.10 Å². The van der Waals surface area contributed by atoms with Crippen LogP contribution in [0.1, 0.15) is 149 Å². The Hall–Kier alpha value is -2.11. The lowest BCUT2D eigenvalue weighted by Crippen LogP contribution is -2.29. The zero-order chi connectivity index (χ0) is 39.4. The summed E-state index contributed by atoms with van der Waals surface area (Å²) in [6.07, 6.45) is 31.5. The molecule has 0 amide bonds. The first-order chi connectivity index (χ1) is 25.5. The molecule has 0 radical (unpaired) electrons. The van der Waals surface area contributed by atoms with Crippen LogP contribution in [0, 0.1) is 5.92 Å². The first-order valence-electron chi connectivity index (χ1n) is 20.0. The summed E-state index contributed by atoms with van der Waals surface area (Å²) in [5, 5.41) is 28.1. The highest BCUT2D eigenvalue weighted by Crippen LogP contribution is 2.43. The highest BCUT2D eigenvalue weighted by molar-refractivity contribution is 7.47. The topological polar surface area (TPSA) is 169 Å². The van der Waals surface area contributed by atoms with Crippen molar-refractivity contribution >= 4 is 19.8 Å². The van der Waals surface area contributed by atoms with E-state index in [-0.39, 0.29) is 25.6 Å². The van der Waals surface area contributed by atoms with Gasteiger partial charge in [-0.3, -0.25) is 18.6 Å². The van der Waals surface area contributed by atoms with Gasteiger partial charge in [0.1, 0.15) is 12.7 Å². The molecule has 0 aromatic rings. The maximum Gasteiger partial charge on any atom is 0.472 e. The molecule has 4 atom stereocenters. The fraction of sp³-hybridized carbons (Fsp3) is 0.756. The van der Waals surface area contributed by atoms with Crippen LogP contribution in [0.15, 0.2) is 48.6 Å². The number of phosphoric acid groups is 1. The Labute approximate surface area is 320 Å². The van der Waals surface area contributed by atoms with Crippen molar-refractivity contribution in [3.63, 3.8) is 0 Å². The summed E-state index contributed by atoms with van der Waals surface area (Å²) in [6.45, 7) is 4.41. The molecule has 11 nitrogen and oxygen atoms in total. The van der Waals surface area contributed by atoms with Gasteiger partial charge in [-0.2, -0.15) is 0 Å². The standard InChI is InChI=1S/C41H73O11P/c1-4-5-28-37(43)29-24-20-16-12-8-6-7-9-13-18-22-26-31-41(46)52-39(35-51-53(47,48)50-33-38(44)32-42)34-49-40(45)30-25-21-17-14-10-11-15-19-23-27-36(2)3/h6-7,12-13,16,18,24,29,36-39,42-44H,4-5,8-11,14-15,17,19-23,25-28,30-35H2,1-3H3,(H,47,48)/b7-6-,16-12-,18-13-,29-24-/t37-,38+,39-/m1/s1. The van der Waals surface area contributed by atoms with Crippen molar-refractivity contribution in [2.75, 3.05) is 26.4 Å². The minimum absolute atomic E-state index is 0.0907. The summed E-state index contributed by atoms with van der Waals surface area (Å²) in [4.78, 5) is 34.8. The molecule has 0 bridgehead atoms. The Morgan fingerprint density at radius 3 is 1.81 bits per heavy atom. The van der Waals surface area contributed by atoms with Crippen LogP contribution in [0.2, 0.25) is 0 Å². The van der Waals surface area contributed by atoms with E-state index in [1.165, 1.54) is 38.5 Å². The number of esters is 2. The summed E-state index contributed by atoms with van der Waals surface area (Å²) in [5.74, 6) is -0.248. The van der Waals surface area contributed by atoms with E-state index in [9.17, 15) is 29.3 Å². The van der Waals surface area contributed by atoms with Gasteiger partial charge in [0.2, 0.25) is 0 Å². The first-order valence-corrected chi connectivity index (χ1v) is 21.5. The van der Waals surface area contributed by atoms with Gasteiger partial charge in [0, 0.05) is 12.8 Å². The lowest BCUT2D eigenvalue weighted by molar-refractivity contribution is -0.161. The Morgan fingerprint density at radius 1 is 0.660 bits per heavy atom. The van der Waals surface area contributed by atoms with Crippen LogP contribution in [0.4, 0.5) is 0 Å². The molecular formula is C41H73O11P. The number of hydrogen-bond acceptors (Lipinski definition) is 10. The van der Waals surface area contributed by atoms with Crippen molar-refractivity contribution in [3.05, 3.63) is 48.6 Å². The average Bonchev–Trinajstić information content (AvgIpc) is 3.12. The van der Waals surface area contributed by atoms with Gasteiger partial charge in [-0.1, -0.05) is 140 Å². The Bertz CT molecular complexity index is 1060. The molecule has 12 heteroatoms. The van der Waals surface area contributed by atoms with E-state index in [1.807, 2.05) is 24.3 Å². The van der Waals surface area contributed by atoms with Crippen LogP contribution < -0.4 is 0 Å². The van der Waals surface area contributed by atoms with E-state index in [0.717, 1.165) is 63.7 Å². The summed E-state index contributed by atoms with van der Waals surface area (Å²) in [6, 6.07) is 0. The largest absolute Gasteiger partial charge is 0.472 e. The predicted octanol–water partition coefficient (Wildman–Crippen LogP) is 8.99. The Kier molecular flexibility index (Phi) is 34.2. The third-order valence-electron chi connectivity index (χ3n) is 8.23. The highest BCUT2D eigenvalue weighted by Gasteiger charge is 2.27. The van der Waals surface area contributed by atoms with E-state index in [1.54, 1.807) is 0 Å². The number of phosphoric ester groups is 1. The number of hydrogen-bond donors (Lipinski definition) is 4. The van der Waals surface area contributed by atoms with Crippen LogP contribution >= 0.6 is 7.82 Å². The zero-order valence-electron chi connectivity index (χ0n) is 33.0. The maximum atomic E-state index is 12.6. The Balaban J connectivity index is 4.49. The molecule has 0 saturated heterocycles. The zero-order valence-corrected chi connectivity index (χ0v) is 33.9. The average molecular weight is 773 g/mol. The molecule has 0 aromatic heterocycles. The van der Waals surface area contributed by atoms with E-state index in [4.69, 9.17) is 19.1 Å². The lowest BCUT2D eigenvalue weighted by Gasteiger charge is -2.20. The minimum Gasteiger partial charge on any atom is -0.462 e. The second kappa shape index (κ2) is 35.6. The molecule has 0 rings (SSSR count). The number of allylic oxidation sites excluding steroid dienone is 7. The van der Waals surface area contributed by atoms with Crippen LogP contribution in [0.25, 0.3) is 0 Å². The van der Waals surface area contributed by atoms with E-state index >= 15 is 0 Å². The number of aliphatic hydroxyl groups excluding tert-OH is 3. The molecule has 0 saturated carbocycles. The smallest absolute Gasteiger partial charge is 0.462 e. The molecule has 0 heterocycles. The molecule has 0 aliphatic carbocycles. The monoisotopic (exact) mass is 772 g/mol. The summed E-state index contributed by atoms with van der Waals surface area (Å²) in [5.41, 5.74) is 0. The maximum absolute atomic E-state index is 12.6. The highest BCUT2D eigenvalue weighted by atomic mass is 31.2. The number of rotatable bonds is 36. The second-order valence-electron chi connectivity index (χ2n) is 14.0. The van der Waals surface area contributed by atoms with Crippen LogP contribution in [0.3, 0.4) is 0 Å². The molecular weight excluding hydrogens is 699 g/mol. The number of carbonyl (C=O) groups is 2. The van der Waals surface area contributed by atoms with E-state index in [2.05, 4.69) is 49.6 Å². The number of carbonyl (C=O) groups excluding carboxylic acids is 2. The summed E-state index contributed by atoms with van der Waals surface area (Å²) < 4.78 is 32.5. The summed E-state index contributed by atoms with van der Waals surface area (Å²) >= 11 is 0. The fourth-order valence-corrected chi connectivity index (χ4v) is 5.86. The normalized spacial score (nSPS) is 15.2. The fourth-order valence-electron chi connectivity index (χ4n) is 5.07. The number of unbranched alkanes of at least 4 members (excludes halogenated alkanes) is 10. The van der Waals surface area contributed by atoms with Crippen LogP contribution in [-0.2, 0) is 32.7 Å². The van der Waals surface area contributed by atoms with Crippen molar-refractivity contribution in [2.24, 2.45) is 5.92 Å².